The first kappa shape index (κ1) is 23.4. The number of pyridine rings is 1. The van der Waals surface area contributed by atoms with Gasteiger partial charge in [-0.2, -0.15) is 0 Å². The Morgan fingerprint density at radius 3 is 2.72 bits per heavy atom. The van der Waals surface area contributed by atoms with Crippen LogP contribution in [0.25, 0.3) is 0 Å². The smallest absolute Gasteiger partial charge is 0.241 e. The number of hydrogen-bond donors (Lipinski definition) is 2. The highest BCUT2D eigenvalue weighted by atomic mass is 16.5. The SMILES string of the molecule is CN(C)C(=O)CNC(=NCc1ccc(OC(C)(C)C)nc1)NC1CCOc2ccccc21. The minimum atomic E-state index is -0.299. The molecule has 1 aromatic carbocycles. The van der Waals surface area contributed by atoms with E-state index in [9.17, 15) is 4.79 Å². The number of likely N-dealkylation sites (N-methyl/N-ethyl adjacent to an activating group) is 1. The zero-order valence-electron chi connectivity index (χ0n) is 19.5. The highest BCUT2D eigenvalue weighted by Gasteiger charge is 2.22. The van der Waals surface area contributed by atoms with E-state index in [4.69, 9.17) is 14.5 Å². The van der Waals surface area contributed by atoms with Crippen LogP contribution >= 0.6 is 0 Å². The second-order valence-electron chi connectivity index (χ2n) is 8.90. The van der Waals surface area contributed by atoms with Gasteiger partial charge in [-0.25, -0.2) is 9.98 Å². The van der Waals surface area contributed by atoms with Gasteiger partial charge in [-0.05, 0) is 32.4 Å². The number of aromatic nitrogens is 1. The third kappa shape index (κ3) is 6.87. The fourth-order valence-electron chi connectivity index (χ4n) is 3.18. The van der Waals surface area contributed by atoms with E-state index < -0.39 is 0 Å². The first-order chi connectivity index (χ1) is 15.2. The third-order valence-corrected chi connectivity index (χ3v) is 4.80. The van der Waals surface area contributed by atoms with Gasteiger partial charge in [0.2, 0.25) is 11.8 Å². The summed E-state index contributed by atoms with van der Waals surface area (Å²) in [6.45, 7) is 7.15. The van der Waals surface area contributed by atoms with E-state index in [1.165, 1.54) is 0 Å². The van der Waals surface area contributed by atoms with Crippen molar-refractivity contribution in [2.24, 2.45) is 4.99 Å². The number of nitrogens with zero attached hydrogens (tertiary/aromatic N) is 3. The van der Waals surface area contributed by atoms with Gasteiger partial charge in [-0.15, -0.1) is 0 Å². The van der Waals surface area contributed by atoms with Gasteiger partial charge < -0.3 is 25.0 Å². The third-order valence-electron chi connectivity index (χ3n) is 4.80. The largest absolute Gasteiger partial charge is 0.493 e. The van der Waals surface area contributed by atoms with E-state index in [0.29, 0.717) is 25.0 Å². The molecule has 8 heteroatoms. The molecule has 32 heavy (non-hydrogen) atoms. The number of fused-ring (bicyclic) bond motifs is 1. The Kier molecular flexibility index (Phi) is 7.56. The van der Waals surface area contributed by atoms with Crippen molar-refractivity contribution in [3.05, 3.63) is 53.7 Å². The van der Waals surface area contributed by atoms with Gasteiger partial charge >= 0.3 is 0 Å². The molecule has 1 aliphatic heterocycles. The van der Waals surface area contributed by atoms with E-state index in [2.05, 4.69) is 15.6 Å². The molecular weight excluding hydrogens is 406 g/mol. The zero-order valence-corrected chi connectivity index (χ0v) is 19.5. The lowest BCUT2D eigenvalue weighted by Crippen LogP contribution is -2.45. The van der Waals surface area contributed by atoms with Crippen molar-refractivity contribution in [2.45, 2.75) is 45.4 Å². The van der Waals surface area contributed by atoms with Crippen LogP contribution in [0.3, 0.4) is 0 Å². The van der Waals surface area contributed by atoms with Crippen molar-refractivity contribution < 1.29 is 14.3 Å². The number of ether oxygens (including phenoxy) is 2. The quantitative estimate of drug-likeness (QED) is 0.532. The van der Waals surface area contributed by atoms with Crippen molar-refractivity contribution in [1.82, 2.24) is 20.5 Å². The lowest BCUT2D eigenvalue weighted by atomic mass is 10.0. The number of hydrogen-bond acceptors (Lipinski definition) is 5. The van der Waals surface area contributed by atoms with E-state index in [-0.39, 0.29) is 24.1 Å². The van der Waals surface area contributed by atoms with Crippen LogP contribution in [0.2, 0.25) is 0 Å². The van der Waals surface area contributed by atoms with E-state index >= 15 is 0 Å². The Labute approximate surface area is 190 Å². The summed E-state index contributed by atoms with van der Waals surface area (Å²) in [6, 6.07) is 11.8. The monoisotopic (exact) mass is 439 g/mol. The molecular formula is C24H33N5O3. The number of carbonyl (C=O) groups is 1. The van der Waals surface area contributed by atoms with Crippen molar-refractivity contribution in [1.29, 1.82) is 0 Å². The molecule has 0 radical (unpaired) electrons. The molecule has 1 amide bonds. The Morgan fingerprint density at radius 1 is 1.25 bits per heavy atom. The molecule has 0 fully saturated rings. The van der Waals surface area contributed by atoms with E-state index in [0.717, 1.165) is 23.3 Å². The standard InChI is InChI=1S/C24H33N5O3/c1-24(2,3)32-21-11-10-17(14-25-21)15-26-23(27-16-22(30)29(4)5)28-19-12-13-31-20-9-7-6-8-18(19)20/h6-11,14,19H,12-13,15-16H2,1-5H3,(H2,26,27,28). The molecule has 8 nitrogen and oxygen atoms in total. The summed E-state index contributed by atoms with van der Waals surface area (Å²) in [5.74, 6) is 1.99. The Hall–Kier alpha value is -3.29. The lowest BCUT2D eigenvalue weighted by Gasteiger charge is -2.28. The number of carbonyl (C=O) groups excluding carboxylic acids is 1. The maximum absolute atomic E-state index is 12.1. The highest BCUT2D eigenvalue weighted by Crippen LogP contribution is 2.31. The predicted octanol–water partition coefficient (Wildman–Crippen LogP) is 2.91. The number of amides is 1. The lowest BCUT2D eigenvalue weighted by molar-refractivity contribution is -0.127. The average Bonchev–Trinajstić information content (AvgIpc) is 2.75. The van der Waals surface area contributed by atoms with Gasteiger partial charge in [0.1, 0.15) is 11.4 Å². The number of para-hydroxylation sites is 1. The molecule has 2 N–H and O–H groups in total. The van der Waals surface area contributed by atoms with Crippen LogP contribution < -0.4 is 20.1 Å². The van der Waals surface area contributed by atoms with Gasteiger partial charge in [0.05, 0.1) is 25.7 Å². The molecule has 172 valence electrons. The fraction of sp³-hybridized carbons (Fsp3) is 0.458. The topological polar surface area (TPSA) is 88.1 Å². The Bertz CT molecular complexity index is 935. The normalized spacial score (nSPS) is 15.9. The number of nitrogens with one attached hydrogen (secondary N) is 2. The molecule has 0 bridgehead atoms. The van der Waals surface area contributed by atoms with Crippen LogP contribution in [-0.2, 0) is 11.3 Å². The highest BCUT2D eigenvalue weighted by molar-refractivity contribution is 5.86. The Balaban J connectivity index is 1.72. The molecule has 2 heterocycles. The summed E-state index contributed by atoms with van der Waals surface area (Å²) in [5.41, 5.74) is 1.73. The van der Waals surface area contributed by atoms with Gasteiger partial charge in [0, 0.05) is 38.3 Å². The average molecular weight is 440 g/mol. The van der Waals surface area contributed by atoms with Crippen LogP contribution in [0.15, 0.2) is 47.6 Å². The number of rotatable bonds is 6. The maximum Gasteiger partial charge on any atom is 0.241 e. The van der Waals surface area contributed by atoms with Crippen molar-refractivity contribution in [3.8, 4) is 11.6 Å². The molecule has 1 unspecified atom stereocenters. The summed E-state index contributed by atoms with van der Waals surface area (Å²) < 4.78 is 11.5. The van der Waals surface area contributed by atoms with E-state index in [1.807, 2.05) is 57.2 Å². The summed E-state index contributed by atoms with van der Waals surface area (Å²) in [5, 5.41) is 6.62. The van der Waals surface area contributed by atoms with Crippen LogP contribution in [0, 0.1) is 0 Å². The first-order valence-corrected chi connectivity index (χ1v) is 10.8. The molecule has 2 aromatic rings. The zero-order chi connectivity index (χ0) is 23.1. The van der Waals surface area contributed by atoms with E-state index in [1.54, 1.807) is 25.2 Å². The second-order valence-corrected chi connectivity index (χ2v) is 8.90. The number of benzene rings is 1. The fourth-order valence-corrected chi connectivity index (χ4v) is 3.18. The van der Waals surface area contributed by atoms with Crippen LogP contribution in [0.1, 0.15) is 44.4 Å². The van der Waals surface area contributed by atoms with Crippen LogP contribution in [-0.4, -0.2) is 54.6 Å². The molecule has 1 atom stereocenters. The van der Waals surface area contributed by atoms with Crippen molar-refractivity contribution in [3.63, 3.8) is 0 Å². The molecule has 1 aromatic heterocycles. The number of guanidine groups is 1. The van der Waals surface area contributed by atoms with Crippen molar-refractivity contribution in [2.75, 3.05) is 27.2 Å². The first-order valence-electron chi connectivity index (χ1n) is 10.8. The molecule has 3 rings (SSSR count). The van der Waals surface area contributed by atoms with Gasteiger partial charge in [-0.3, -0.25) is 4.79 Å². The van der Waals surface area contributed by atoms with Gasteiger partial charge in [0.15, 0.2) is 5.96 Å². The van der Waals surface area contributed by atoms with Gasteiger partial charge in [0.25, 0.3) is 0 Å². The van der Waals surface area contributed by atoms with Crippen LogP contribution in [0.4, 0.5) is 0 Å². The minimum absolute atomic E-state index is 0.0303. The summed E-state index contributed by atoms with van der Waals surface area (Å²) in [7, 11) is 3.46. The molecule has 0 saturated carbocycles. The minimum Gasteiger partial charge on any atom is -0.493 e. The summed E-state index contributed by atoms with van der Waals surface area (Å²) >= 11 is 0. The second kappa shape index (κ2) is 10.3. The van der Waals surface area contributed by atoms with Crippen molar-refractivity contribution >= 4 is 11.9 Å². The Morgan fingerprint density at radius 2 is 2.03 bits per heavy atom. The summed E-state index contributed by atoms with van der Waals surface area (Å²) in [4.78, 5) is 22.7. The maximum atomic E-state index is 12.1. The molecule has 0 spiro atoms. The molecule has 1 aliphatic rings. The summed E-state index contributed by atoms with van der Waals surface area (Å²) in [6.07, 6.45) is 2.57. The number of aliphatic imine (C=N–C) groups is 1. The molecule has 0 aliphatic carbocycles. The van der Waals surface area contributed by atoms with Gasteiger partial charge in [-0.1, -0.05) is 24.3 Å². The predicted molar refractivity (Wildman–Crippen MR) is 125 cm³/mol. The van der Waals surface area contributed by atoms with Crippen LogP contribution in [0.5, 0.6) is 11.6 Å². The molecule has 0 saturated heterocycles.